The summed E-state index contributed by atoms with van der Waals surface area (Å²) < 4.78 is 1.77. The third-order valence-corrected chi connectivity index (χ3v) is 2.85. The summed E-state index contributed by atoms with van der Waals surface area (Å²) in [7, 11) is 0. The van der Waals surface area contributed by atoms with Crippen LogP contribution in [0.1, 0.15) is 11.4 Å². The van der Waals surface area contributed by atoms with Gasteiger partial charge in [0.2, 0.25) is 0 Å². The molecule has 94 valence electrons. The van der Waals surface area contributed by atoms with Gasteiger partial charge in [0.05, 0.1) is 5.69 Å². The van der Waals surface area contributed by atoms with Gasteiger partial charge in [-0.15, -0.1) is 0 Å². The molecule has 0 radical (unpaired) electrons. The fraction of sp³-hybridized carbons (Fsp3) is 0.133. The smallest absolute Gasteiger partial charge is 0.153 e. The van der Waals surface area contributed by atoms with E-state index in [1.165, 1.54) is 0 Å². The topological polar surface area (TPSA) is 43.6 Å². The minimum absolute atomic E-state index is 0.818. The monoisotopic (exact) mass is 250 g/mol. The van der Waals surface area contributed by atoms with Crippen LogP contribution in [0.5, 0.6) is 0 Å². The lowest BCUT2D eigenvalue weighted by Gasteiger charge is -2.01. The summed E-state index contributed by atoms with van der Waals surface area (Å²) in [6.45, 7) is 3.94. The number of nitrogens with zero attached hydrogens (tertiary/aromatic N) is 4. The molecule has 0 atom stereocenters. The fourth-order valence-electron chi connectivity index (χ4n) is 1.93. The Morgan fingerprint density at radius 2 is 1.53 bits per heavy atom. The van der Waals surface area contributed by atoms with E-state index in [1.807, 2.05) is 62.5 Å². The number of hydrogen-bond acceptors (Lipinski definition) is 3. The lowest BCUT2D eigenvalue weighted by Crippen LogP contribution is -1.99. The molecule has 3 aromatic rings. The first-order chi connectivity index (χ1) is 9.22. The molecule has 3 heterocycles. The molecule has 0 unspecified atom stereocenters. The molecular formula is C15H14N4. The van der Waals surface area contributed by atoms with Crippen LogP contribution in [-0.4, -0.2) is 19.7 Å². The van der Waals surface area contributed by atoms with E-state index >= 15 is 0 Å². The highest BCUT2D eigenvalue weighted by Crippen LogP contribution is 2.16. The second kappa shape index (κ2) is 4.65. The van der Waals surface area contributed by atoms with E-state index in [2.05, 4.69) is 15.1 Å². The van der Waals surface area contributed by atoms with Gasteiger partial charge in [-0.05, 0) is 44.2 Å². The quantitative estimate of drug-likeness (QED) is 0.702. The van der Waals surface area contributed by atoms with Crippen molar-refractivity contribution in [3.63, 3.8) is 0 Å². The molecule has 4 heteroatoms. The number of hydrogen-bond donors (Lipinski definition) is 0. The number of aromatic nitrogens is 4. The molecule has 0 bridgehead atoms. The third-order valence-electron chi connectivity index (χ3n) is 2.85. The van der Waals surface area contributed by atoms with Crippen LogP contribution in [0.15, 0.2) is 48.7 Å². The van der Waals surface area contributed by atoms with E-state index in [4.69, 9.17) is 0 Å². The van der Waals surface area contributed by atoms with Gasteiger partial charge in [-0.2, -0.15) is 5.10 Å². The van der Waals surface area contributed by atoms with E-state index in [1.54, 1.807) is 4.68 Å². The van der Waals surface area contributed by atoms with Crippen molar-refractivity contribution in [1.82, 2.24) is 19.7 Å². The van der Waals surface area contributed by atoms with Gasteiger partial charge in [0.15, 0.2) is 5.82 Å². The minimum Gasteiger partial charge on any atom is -0.251 e. The van der Waals surface area contributed by atoms with Gasteiger partial charge >= 0.3 is 0 Å². The molecule has 0 fully saturated rings. The first-order valence-corrected chi connectivity index (χ1v) is 6.16. The Balaban J connectivity index is 2.00. The predicted molar refractivity (Wildman–Crippen MR) is 74.1 cm³/mol. The maximum absolute atomic E-state index is 4.52. The maximum atomic E-state index is 4.52. The Kier molecular flexibility index (Phi) is 2.83. The van der Waals surface area contributed by atoms with Gasteiger partial charge in [0.25, 0.3) is 0 Å². The number of rotatable bonds is 2. The maximum Gasteiger partial charge on any atom is 0.153 e. The van der Waals surface area contributed by atoms with Gasteiger partial charge in [0, 0.05) is 17.6 Å². The summed E-state index contributed by atoms with van der Waals surface area (Å²) in [6, 6.07) is 13.8. The molecule has 0 aliphatic carbocycles. The van der Waals surface area contributed by atoms with Gasteiger partial charge in [-0.1, -0.05) is 12.1 Å². The highest BCUT2D eigenvalue weighted by Gasteiger charge is 2.05. The number of pyridine rings is 2. The average molecular weight is 250 g/mol. The van der Waals surface area contributed by atoms with Crippen molar-refractivity contribution < 1.29 is 0 Å². The summed E-state index contributed by atoms with van der Waals surface area (Å²) in [5.41, 5.74) is 3.70. The van der Waals surface area contributed by atoms with Crippen LogP contribution in [0.25, 0.3) is 17.2 Å². The lowest BCUT2D eigenvalue weighted by atomic mass is 10.2. The lowest BCUT2D eigenvalue weighted by molar-refractivity contribution is 0.842. The zero-order valence-electron chi connectivity index (χ0n) is 10.9. The molecule has 0 amide bonds. The van der Waals surface area contributed by atoms with E-state index in [-0.39, 0.29) is 0 Å². The van der Waals surface area contributed by atoms with Gasteiger partial charge in [-0.3, -0.25) is 4.98 Å². The second-order valence-corrected chi connectivity index (χ2v) is 4.45. The zero-order chi connectivity index (χ0) is 13.2. The van der Waals surface area contributed by atoms with Crippen LogP contribution in [0.2, 0.25) is 0 Å². The SMILES string of the molecule is Cc1cccc(-c2ccn(-c3cccc(C)n3)n2)n1. The van der Waals surface area contributed by atoms with Crippen molar-refractivity contribution >= 4 is 0 Å². The Labute approximate surface area is 111 Å². The first-order valence-electron chi connectivity index (χ1n) is 6.16. The van der Waals surface area contributed by atoms with Gasteiger partial charge < -0.3 is 0 Å². The predicted octanol–water partition coefficient (Wildman–Crippen LogP) is 2.95. The summed E-state index contributed by atoms with van der Waals surface area (Å²) in [4.78, 5) is 8.92. The van der Waals surface area contributed by atoms with Gasteiger partial charge in [-0.25, -0.2) is 9.67 Å². The van der Waals surface area contributed by atoms with Crippen LogP contribution in [-0.2, 0) is 0 Å². The largest absolute Gasteiger partial charge is 0.251 e. The molecule has 3 aromatic heterocycles. The molecule has 3 rings (SSSR count). The second-order valence-electron chi connectivity index (χ2n) is 4.45. The summed E-state index contributed by atoms with van der Waals surface area (Å²) in [6.07, 6.45) is 1.90. The standard InChI is InChI=1S/C15H14N4/c1-11-5-3-7-13(16-11)14-9-10-19(18-14)15-8-4-6-12(2)17-15/h3-10H,1-2H3. The Morgan fingerprint density at radius 1 is 0.789 bits per heavy atom. The van der Waals surface area contributed by atoms with E-state index < -0.39 is 0 Å². The van der Waals surface area contributed by atoms with Crippen LogP contribution >= 0.6 is 0 Å². The fourth-order valence-corrected chi connectivity index (χ4v) is 1.93. The van der Waals surface area contributed by atoms with Crippen molar-refractivity contribution in [2.24, 2.45) is 0 Å². The Bertz CT molecular complexity index is 655. The van der Waals surface area contributed by atoms with E-state index in [0.717, 1.165) is 28.6 Å². The molecule has 0 saturated carbocycles. The normalized spacial score (nSPS) is 10.6. The molecule has 0 spiro atoms. The molecule has 4 nitrogen and oxygen atoms in total. The molecular weight excluding hydrogens is 236 g/mol. The molecule has 0 aliphatic rings. The molecule has 19 heavy (non-hydrogen) atoms. The Morgan fingerprint density at radius 3 is 2.26 bits per heavy atom. The molecule has 0 aliphatic heterocycles. The zero-order valence-corrected chi connectivity index (χ0v) is 10.9. The summed E-state index contributed by atoms with van der Waals surface area (Å²) in [5.74, 6) is 0.818. The third kappa shape index (κ3) is 2.38. The highest BCUT2D eigenvalue weighted by atomic mass is 15.3. The summed E-state index contributed by atoms with van der Waals surface area (Å²) >= 11 is 0. The van der Waals surface area contributed by atoms with Crippen LogP contribution in [0.4, 0.5) is 0 Å². The van der Waals surface area contributed by atoms with Gasteiger partial charge in [0.1, 0.15) is 5.69 Å². The molecule has 0 N–H and O–H groups in total. The van der Waals surface area contributed by atoms with Crippen LogP contribution < -0.4 is 0 Å². The van der Waals surface area contributed by atoms with Crippen molar-refractivity contribution in [2.45, 2.75) is 13.8 Å². The van der Waals surface area contributed by atoms with Crippen molar-refractivity contribution in [3.05, 3.63) is 60.0 Å². The van der Waals surface area contributed by atoms with Crippen molar-refractivity contribution in [1.29, 1.82) is 0 Å². The van der Waals surface area contributed by atoms with Crippen LogP contribution in [0.3, 0.4) is 0 Å². The molecule has 0 saturated heterocycles. The van der Waals surface area contributed by atoms with Crippen molar-refractivity contribution in [2.75, 3.05) is 0 Å². The molecule has 0 aromatic carbocycles. The first kappa shape index (κ1) is 11.6. The number of aryl methyl sites for hydroxylation is 2. The Hall–Kier alpha value is -2.49. The summed E-state index contributed by atoms with van der Waals surface area (Å²) in [5, 5.41) is 4.52. The van der Waals surface area contributed by atoms with Crippen LogP contribution in [0, 0.1) is 13.8 Å². The van der Waals surface area contributed by atoms with E-state index in [9.17, 15) is 0 Å². The highest BCUT2D eigenvalue weighted by molar-refractivity contribution is 5.53. The van der Waals surface area contributed by atoms with E-state index in [0.29, 0.717) is 0 Å². The van der Waals surface area contributed by atoms with Crippen molar-refractivity contribution in [3.8, 4) is 17.2 Å². The average Bonchev–Trinajstić information content (AvgIpc) is 2.88. The minimum atomic E-state index is 0.818.